The second kappa shape index (κ2) is 9.23. The van der Waals surface area contributed by atoms with E-state index in [1.54, 1.807) is 0 Å². The molecule has 0 radical (unpaired) electrons. The molecular formula is C36H25NS2. The van der Waals surface area contributed by atoms with Crippen LogP contribution in [0.4, 0.5) is 17.1 Å². The predicted molar refractivity (Wildman–Crippen MR) is 172 cm³/mol. The topological polar surface area (TPSA) is 3.24 Å². The summed E-state index contributed by atoms with van der Waals surface area (Å²) in [6, 6.07) is 42.0. The second-order valence-corrected chi connectivity index (χ2v) is 12.3. The number of hydrogen-bond donors (Lipinski definition) is 0. The molecule has 0 saturated heterocycles. The molecular weight excluding hydrogens is 511 g/mol. The summed E-state index contributed by atoms with van der Waals surface area (Å²) in [7, 11) is 0. The van der Waals surface area contributed by atoms with Crippen molar-refractivity contribution >= 4 is 76.1 Å². The Bertz CT molecular complexity index is 2000. The van der Waals surface area contributed by atoms with Gasteiger partial charge in [-0.05, 0) is 89.5 Å². The minimum Gasteiger partial charge on any atom is -0.310 e. The number of para-hydroxylation sites is 1. The molecule has 186 valence electrons. The van der Waals surface area contributed by atoms with Crippen LogP contribution in [0, 0.1) is 0 Å². The zero-order valence-corrected chi connectivity index (χ0v) is 22.9. The first-order valence-corrected chi connectivity index (χ1v) is 15.0. The number of aryl methyl sites for hydroxylation is 1. The van der Waals surface area contributed by atoms with Crippen molar-refractivity contribution in [2.45, 2.75) is 12.8 Å². The third-order valence-corrected chi connectivity index (χ3v) is 10.0. The van der Waals surface area contributed by atoms with Crippen molar-refractivity contribution in [1.29, 1.82) is 0 Å². The van der Waals surface area contributed by atoms with Crippen molar-refractivity contribution in [2.75, 3.05) is 4.90 Å². The molecule has 0 atom stereocenters. The SMILES string of the molecule is C1=Cc2sc3cc4sc5cc(N(c6ccccc6)c6ccc(-c7ccccc7)cc6)ccc5c4cc3c2CC1. The number of anilines is 3. The Hall–Kier alpha value is -4.18. The van der Waals surface area contributed by atoms with Crippen molar-refractivity contribution in [2.24, 2.45) is 0 Å². The summed E-state index contributed by atoms with van der Waals surface area (Å²) in [4.78, 5) is 3.80. The molecule has 1 aliphatic carbocycles. The first-order valence-electron chi connectivity index (χ1n) is 13.4. The smallest absolute Gasteiger partial charge is 0.0476 e. The molecule has 2 aromatic heterocycles. The molecule has 39 heavy (non-hydrogen) atoms. The zero-order chi connectivity index (χ0) is 25.8. The highest BCUT2D eigenvalue weighted by Gasteiger charge is 2.17. The molecule has 0 spiro atoms. The predicted octanol–water partition coefficient (Wildman–Crippen LogP) is 11.4. The fourth-order valence-electron chi connectivity index (χ4n) is 5.83. The third-order valence-electron chi connectivity index (χ3n) is 7.73. The first kappa shape index (κ1) is 22.8. The van der Waals surface area contributed by atoms with Crippen LogP contribution in [-0.2, 0) is 6.42 Å². The first-order chi connectivity index (χ1) is 19.3. The van der Waals surface area contributed by atoms with Gasteiger partial charge < -0.3 is 4.90 Å². The second-order valence-electron chi connectivity index (χ2n) is 10.1. The minimum absolute atomic E-state index is 1.15. The molecule has 0 amide bonds. The van der Waals surface area contributed by atoms with Crippen molar-refractivity contribution in [3.63, 3.8) is 0 Å². The quantitative estimate of drug-likeness (QED) is 0.217. The lowest BCUT2D eigenvalue weighted by molar-refractivity contribution is 1.01. The minimum atomic E-state index is 1.15. The Balaban J connectivity index is 1.25. The molecule has 3 heteroatoms. The molecule has 2 heterocycles. The lowest BCUT2D eigenvalue weighted by Crippen LogP contribution is -2.09. The lowest BCUT2D eigenvalue weighted by Gasteiger charge is -2.25. The molecule has 1 aliphatic rings. The largest absolute Gasteiger partial charge is 0.310 e. The van der Waals surface area contributed by atoms with Gasteiger partial charge in [-0.1, -0.05) is 72.8 Å². The lowest BCUT2D eigenvalue weighted by atomic mass is 10.00. The number of rotatable bonds is 4. The summed E-state index contributed by atoms with van der Waals surface area (Å²) in [6.45, 7) is 0. The molecule has 0 aliphatic heterocycles. The van der Waals surface area contributed by atoms with Crippen LogP contribution in [0.5, 0.6) is 0 Å². The molecule has 0 saturated carbocycles. The molecule has 0 bridgehead atoms. The Labute approximate surface area is 235 Å². The van der Waals surface area contributed by atoms with Crippen LogP contribution < -0.4 is 4.90 Å². The fraction of sp³-hybridized carbons (Fsp3) is 0.0556. The van der Waals surface area contributed by atoms with Gasteiger partial charge in [0.15, 0.2) is 0 Å². The molecule has 7 aromatic rings. The van der Waals surface area contributed by atoms with Crippen molar-refractivity contribution < 1.29 is 0 Å². The Morgan fingerprint density at radius 1 is 0.513 bits per heavy atom. The van der Waals surface area contributed by atoms with Gasteiger partial charge in [0.25, 0.3) is 0 Å². The summed E-state index contributed by atoms with van der Waals surface area (Å²) < 4.78 is 4.11. The highest BCUT2D eigenvalue weighted by atomic mass is 32.1. The molecule has 8 rings (SSSR count). The van der Waals surface area contributed by atoms with E-state index in [0.29, 0.717) is 0 Å². The van der Waals surface area contributed by atoms with Crippen LogP contribution in [0.3, 0.4) is 0 Å². The van der Waals surface area contributed by atoms with Crippen LogP contribution in [-0.4, -0.2) is 0 Å². The number of nitrogens with zero attached hydrogens (tertiary/aromatic N) is 1. The standard InChI is InChI=1S/C36H25NS2/c1-3-9-24(10-4-1)25-15-17-27(18-16-25)37(26-11-5-2-6-12-26)28-19-20-30-32-22-31-29-13-7-8-14-33(29)38-35(31)23-36(32)39-34(30)21-28/h1-6,8-12,14-23H,7,13H2. The normalized spacial score (nSPS) is 12.8. The van der Waals surface area contributed by atoms with Crippen LogP contribution in [0.15, 0.2) is 121 Å². The molecule has 0 fully saturated rings. The number of fused-ring (bicyclic) bond motifs is 6. The van der Waals surface area contributed by atoms with Gasteiger partial charge in [-0.3, -0.25) is 0 Å². The van der Waals surface area contributed by atoms with Gasteiger partial charge in [0.1, 0.15) is 0 Å². The van der Waals surface area contributed by atoms with E-state index in [1.165, 1.54) is 57.5 Å². The summed E-state index contributed by atoms with van der Waals surface area (Å²) in [6.07, 6.45) is 6.92. The third kappa shape index (κ3) is 3.89. The Kier molecular flexibility index (Phi) is 5.39. The van der Waals surface area contributed by atoms with Gasteiger partial charge in [0, 0.05) is 46.8 Å². The monoisotopic (exact) mass is 535 g/mol. The van der Waals surface area contributed by atoms with Crippen molar-refractivity contribution in [3.05, 3.63) is 132 Å². The highest BCUT2D eigenvalue weighted by Crippen LogP contribution is 2.44. The van der Waals surface area contributed by atoms with Gasteiger partial charge in [-0.25, -0.2) is 0 Å². The van der Waals surface area contributed by atoms with Gasteiger partial charge in [0.05, 0.1) is 0 Å². The van der Waals surface area contributed by atoms with Gasteiger partial charge in [-0.2, -0.15) is 0 Å². The summed E-state index contributed by atoms with van der Waals surface area (Å²) >= 11 is 3.84. The average Bonchev–Trinajstić information content (AvgIpc) is 3.54. The Morgan fingerprint density at radius 2 is 1.18 bits per heavy atom. The maximum Gasteiger partial charge on any atom is 0.0476 e. The van der Waals surface area contributed by atoms with Crippen LogP contribution >= 0.6 is 22.7 Å². The average molecular weight is 536 g/mol. The van der Waals surface area contributed by atoms with Crippen LogP contribution in [0.25, 0.3) is 47.5 Å². The summed E-state index contributed by atoms with van der Waals surface area (Å²) in [5, 5.41) is 4.17. The van der Waals surface area contributed by atoms with E-state index in [9.17, 15) is 0 Å². The van der Waals surface area contributed by atoms with Crippen molar-refractivity contribution in [3.8, 4) is 11.1 Å². The molecule has 5 aromatic carbocycles. The molecule has 0 unspecified atom stereocenters. The maximum absolute atomic E-state index is 2.45. The van der Waals surface area contributed by atoms with Gasteiger partial charge >= 0.3 is 0 Å². The van der Waals surface area contributed by atoms with Gasteiger partial charge in [-0.15, -0.1) is 22.7 Å². The van der Waals surface area contributed by atoms with E-state index in [0.717, 1.165) is 24.2 Å². The molecule has 0 N–H and O–H groups in total. The fourth-order valence-corrected chi connectivity index (χ4v) is 8.27. The van der Waals surface area contributed by atoms with Crippen LogP contribution in [0.1, 0.15) is 16.9 Å². The van der Waals surface area contributed by atoms with E-state index in [2.05, 4.69) is 132 Å². The highest BCUT2D eigenvalue weighted by molar-refractivity contribution is 7.26. The summed E-state index contributed by atoms with van der Waals surface area (Å²) in [5.74, 6) is 0. The summed E-state index contributed by atoms with van der Waals surface area (Å²) in [5.41, 5.74) is 7.48. The molecule has 1 nitrogen and oxygen atoms in total. The number of thiophene rings is 2. The van der Waals surface area contributed by atoms with E-state index >= 15 is 0 Å². The van der Waals surface area contributed by atoms with E-state index < -0.39 is 0 Å². The zero-order valence-electron chi connectivity index (χ0n) is 21.3. The number of benzene rings is 5. The van der Waals surface area contributed by atoms with Gasteiger partial charge in [0.2, 0.25) is 0 Å². The number of allylic oxidation sites excluding steroid dienone is 1. The van der Waals surface area contributed by atoms with Crippen molar-refractivity contribution in [1.82, 2.24) is 0 Å². The Morgan fingerprint density at radius 3 is 2.00 bits per heavy atom. The van der Waals surface area contributed by atoms with E-state index in [1.807, 2.05) is 22.7 Å². The number of hydrogen-bond acceptors (Lipinski definition) is 3. The maximum atomic E-state index is 2.45. The van der Waals surface area contributed by atoms with Crippen LogP contribution in [0.2, 0.25) is 0 Å². The van der Waals surface area contributed by atoms with E-state index in [-0.39, 0.29) is 0 Å². The van der Waals surface area contributed by atoms with E-state index in [4.69, 9.17) is 0 Å².